The molecule has 0 N–H and O–H groups in total. The summed E-state index contributed by atoms with van der Waals surface area (Å²) in [6.45, 7) is 3.02. The summed E-state index contributed by atoms with van der Waals surface area (Å²) in [5, 5.41) is 0. The monoisotopic (exact) mass is 452 g/mol. The Morgan fingerprint density at radius 2 is 1.59 bits per heavy atom. The molecule has 2 bridgehead atoms. The average molecular weight is 453 g/mol. The first-order valence-corrected chi connectivity index (χ1v) is 12.3. The van der Waals surface area contributed by atoms with Gasteiger partial charge in [-0.25, -0.2) is 4.79 Å². The minimum atomic E-state index is -0.292. The van der Waals surface area contributed by atoms with Gasteiger partial charge >= 0.3 is 5.97 Å². The number of rotatable bonds is 7. The second-order valence-corrected chi connectivity index (χ2v) is 9.30. The normalized spacial score (nSPS) is 22.8. The van der Waals surface area contributed by atoms with E-state index in [1.165, 1.54) is 36.8 Å². The molecule has 3 aliphatic rings. The average Bonchev–Trinajstić information content (AvgIpc) is 2.91. The first-order chi connectivity index (χ1) is 16.7. The molecule has 3 aromatic carbocycles. The highest BCUT2D eigenvalue weighted by atomic mass is 16.5. The molecule has 4 heteroatoms. The van der Waals surface area contributed by atoms with Crippen LogP contribution in [0.25, 0.3) is 0 Å². The number of carbonyl (C=O) groups is 1. The standard InChI is InChI=1S/C30H32N2O2/c1-34-30(33)26-14-8-9-22(21-26)15-18-31-28-25-16-19-32(20-17-25)29(28)27(23-10-4-2-5-11-23)24-12-6-3-7-13-24/h2-14,21,25,27,29H,15-20H2,1H3. The van der Waals surface area contributed by atoms with E-state index in [2.05, 4.69) is 71.6 Å². The molecule has 0 saturated carbocycles. The van der Waals surface area contributed by atoms with E-state index in [1.807, 2.05) is 12.1 Å². The Kier molecular flexibility index (Phi) is 6.87. The van der Waals surface area contributed by atoms with E-state index in [-0.39, 0.29) is 11.9 Å². The van der Waals surface area contributed by atoms with Crippen molar-refractivity contribution in [2.24, 2.45) is 10.9 Å². The summed E-state index contributed by atoms with van der Waals surface area (Å²) in [4.78, 5) is 19.8. The maximum absolute atomic E-state index is 11.9. The van der Waals surface area contributed by atoms with E-state index in [0.29, 0.717) is 17.5 Å². The topological polar surface area (TPSA) is 41.9 Å². The summed E-state index contributed by atoms with van der Waals surface area (Å²) in [6.07, 6.45) is 3.21. The third-order valence-electron chi connectivity index (χ3n) is 7.32. The molecule has 3 heterocycles. The number of methoxy groups -OCH3 is 1. The van der Waals surface area contributed by atoms with Gasteiger partial charge in [0.05, 0.1) is 18.7 Å². The van der Waals surface area contributed by atoms with Crippen molar-refractivity contribution in [3.8, 4) is 0 Å². The number of hydrogen-bond donors (Lipinski definition) is 0. The molecule has 6 rings (SSSR count). The fourth-order valence-corrected chi connectivity index (χ4v) is 5.67. The summed E-state index contributed by atoms with van der Waals surface area (Å²) < 4.78 is 4.88. The largest absolute Gasteiger partial charge is 0.465 e. The van der Waals surface area contributed by atoms with E-state index < -0.39 is 0 Å². The van der Waals surface area contributed by atoms with Crippen LogP contribution in [0.5, 0.6) is 0 Å². The summed E-state index contributed by atoms with van der Waals surface area (Å²) in [5.74, 6) is 0.539. The van der Waals surface area contributed by atoms with Crippen molar-refractivity contribution in [1.29, 1.82) is 0 Å². The van der Waals surface area contributed by atoms with Crippen LogP contribution in [0.1, 0.15) is 45.8 Å². The van der Waals surface area contributed by atoms with Crippen molar-refractivity contribution in [2.75, 3.05) is 26.7 Å². The molecule has 0 amide bonds. The third-order valence-corrected chi connectivity index (χ3v) is 7.32. The van der Waals surface area contributed by atoms with Crippen molar-refractivity contribution in [1.82, 2.24) is 4.90 Å². The van der Waals surface area contributed by atoms with Gasteiger partial charge in [-0.3, -0.25) is 9.89 Å². The number of aliphatic imine (C=N–C) groups is 1. The zero-order valence-electron chi connectivity index (χ0n) is 19.8. The molecule has 174 valence electrons. The smallest absolute Gasteiger partial charge is 0.337 e. The highest BCUT2D eigenvalue weighted by Crippen LogP contribution is 2.40. The Morgan fingerprint density at radius 1 is 0.941 bits per heavy atom. The summed E-state index contributed by atoms with van der Waals surface area (Å²) in [7, 11) is 1.42. The molecule has 3 aromatic rings. The van der Waals surface area contributed by atoms with Crippen LogP contribution >= 0.6 is 0 Å². The van der Waals surface area contributed by atoms with E-state index in [9.17, 15) is 4.79 Å². The number of fused-ring (bicyclic) bond motifs is 3. The molecule has 3 aliphatic heterocycles. The molecule has 3 saturated heterocycles. The van der Waals surface area contributed by atoms with Crippen molar-refractivity contribution in [2.45, 2.75) is 31.2 Å². The third kappa shape index (κ3) is 4.69. The van der Waals surface area contributed by atoms with Gasteiger partial charge in [-0.05, 0) is 61.2 Å². The van der Waals surface area contributed by atoms with Crippen LogP contribution in [0, 0.1) is 5.92 Å². The first-order valence-electron chi connectivity index (χ1n) is 12.3. The summed E-state index contributed by atoms with van der Waals surface area (Å²) >= 11 is 0. The zero-order chi connectivity index (χ0) is 23.3. The van der Waals surface area contributed by atoms with Gasteiger partial charge in [0.1, 0.15) is 0 Å². The fraction of sp³-hybridized carbons (Fsp3) is 0.333. The number of benzene rings is 3. The molecule has 34 heavy (non-hydrogen) atoms. The lowest BCUT2D eigenvalue weighted by Crippen LogP contribution is -2.58. The van der Waals surface area contributed by atoms with Gasteiger partial charge in [0.25, 0.3) is 0 Å². The molecule has 0 aromatic heterocycles. The van der Waals surface area contributed by atoms with Crippen LogP contribution in [-0.2, 0) is 11.2 Å². The van der Waals surface area contributed by atoms with Crippen LogP contribution in [-0.4, -0.2) is 49.4 Å². The molecular weight excluding hydrogens is 420 g/mol. The Balaban J connectivity index is 1.45. The van der Waals surface area contributed by atoms with E-state index in [4.69, 9.17) is 9.73 Å². The number of hydrogen-bond acceptors (Lipinski definition) is 4. The predicted molar refractivity (Wildman–Crippen MR) is 137 cm³/mol. The lowest BCUT2D eigenvalue weighted by Gasteiger charge is -2.49. The molecule has 1 atom stereocenters. The molecular formula is C30H32N2O2. The number of carbonyl (C=O) groups excluding carboxylic acids is 1. The lowest BCUT2D eigenvalue weighted by atomic mass is 9.72. The Hall–Kier alpha value is -3.24. The van der Waals surface area contributed by atoms with Crippen LogP contribution in [0.3, 0.4) is 0 Å². The van der Waals surface area contributed by atoms with Crippen molar-refractivity contribution in [3.05, 3.63) is 107 Å². The highest BCUT2D eigenvalue weighted by molar-refractivity contribution is 5.94. The summed E-state index contributed by atoms with van der Waals surface area (Å²) in [6, 6.07) is 29.8. The van der Waals surface area contributed by atoms with Gasteiger partial charge in [-0.1, -0.05) is 72.8 Å². The minimum absolute atomic E-state index is 0.270. The maximum atomic E-state index is 11.9. The van der Waals surface area contributed by atoms with E-state index >= 15 is 0 Å². The molecule has 3 fully saturated rings. The number of ether oxygens (including phenoxy) is 1. The van der Waals surface area contributed by atoms with Gasteiger partial charge in [0.2, 0.25) is 0 Å². The molecule has 1 unspecified atom stereocenters. The Morgan fingerprint density at radius 3 is 2.21 bits per heavy atom. The quantitative estimate of drug-likeness (QED) is 0.452. The Labute approximate surface area is 202 Å². The van der Waals surface area contributed by atoms with Crippen LogP contribution in [0.15, 0.2) is 89.9 Å². The van der Waals surface area contributed by atoms with Gasteiger partial charge in [0.15, 0.2) is 0 Å². The van der Waals surface area contributed by atoms with Crippen molar-refractivity contribution in [3.63, 3.8) is 0 Å². The fourth-order valence-electron chi connectivity index (χ4n) is 5.67. The Bertz CT molecular complexity index is 1100. The molecule has 0 radical (unpaired) electrons. The highest BCUT2D eigenvalue weighted by Gasteiger charge is 2.43. The van der Waals surface area contributed by atoms with Crippen LogP contribution < -0.4 is 0 Å². The van der Waals surface area contributed by atoms with Gasteiger partial charge in [-0.2, -0.15) is 0 Å². The molecule has 0 spiro atoms. The number of piperidine rings is 3. The lowest BCUT2D eigenvalue weighted by molar-refractivity contribution is 0.0600. The van der Waals surface area contributed by atoms with Crippen LogP contribution in [0.4, 0.5) is 0 Å². The van der Waals surface area contributed by atoms with Gasteiger partial charge in [0, 0.05) is 24.1 Å². The second-order valence-electron chi connectivity index (χ2n) is 9.30. The molecule has 4 nitrogen and oxygen atoms in total. The zero-order valence-corrected chi connectivity index (χ0v) is 19.8. The first kappa shape index (κ1) is 22.5. The maximum Gasteiger partial charge on any atom is 0.337 e. The minimum Gasteiger partial charge on any atom is -0.465 e. The summed E-state index contributed by atoms with van der Waals surface area (Å²) in [5.41, 5.74) is 5.78. The SMILES string of the molecule is COC(=O)c1cccc(CCN=C2C3CCN(CC3)C2C(c2ccccc2)c2ccccc2)c1. The second kappa shape index (κ2) is 10.4. The number of esters is 1. The van der Waals surface area contributed by atoms with E-state index in [1.54, 1.807) is 6.07 Å². The molecule has 0 aliphatic carbocycles. The van der Waals surface area contributed by atoms with Crippen molar-refractivity contribution >= 4 is 11.7 Å². The van der Waals surface area contributed by atoms with Gasteiger partial charge < -0.3 is 4.74 Å². The van der Waals surface area contributed by atoms with Crippen LogP contribution in [0.2, 0.25) is 0 Å². The van der Waals surface area contributed by atoms with Crippen molar-refractivity contribution < 1.29 is 9.53 Å². The predicted octanol–water partition coefficient (Wildman–Crippen LogP) is 5.38. The van der Waals surface area contributed by atoms with Gasteiger partial charge in [-0.15, -0.1) is 0 Å². The number of nitrogens with zero attached hydrogens (tertiary/aromatic N) is 2. The van der Waals surface area contributed by atoms with E-state index in [0.717, 1.165) is 31.6 Å².